The summed E-state index contributed by atoms with van der Waals surface area (Å²) in [5.41, 5.74) is 2.23. The van der Waals surface area contributed by atoms with Crippen molar-refractivity contribution < 1.29 is 0 Å². The standard InChI is InChI=1S/C11H17N3/c1-9-11(8-14(2)13-9)12-10-6-4-3-5-7-10/h4,6,8,10,12H,3,5,7H2,1-2H3. The van der Waals surface area contributed by atoms with Crippen LogP contribution >= 0.6 is 0 Å². The number of nitrogens with zero attached hydrogens (tertiary/aromatic N) is 2. The third-order valence-corrected chi connectivity index (χ3v) is 2.61. The average Bonchev–Trinajstić information content (AvgIpc) is 2.47. The number of anilines is 1. The summed E-state index contributed by atoms with van der Waals surface area (Å²) < 4.78 is 1.85. The van der Waals surface area contributed by atoms with E-state index in [1.807, 2.05) is 24.9 Å². The predicted octanol–water partition coefficient (Wildman–Crippen LogP) is 2.25. The van der Waals surface area contributed by atoms with Crippen molar-refractivity contribution >= 4 is 5.69 Å². The van der Waals surface area contributed by atoms with Crippen LogP contribution in [0.2, 0.25) is 0 Å². The van der Waals surface area contributed by atoms with Gasteiger partial charge in [-0.25, -0.2) is 0 Å². The fourth-order valence-electron chi connectivity index (χ4n) is 1.87. The molecule has 0 spiro atoms. The first-order valence-corrected chi connectivity index (χ1v) is 5.19. The van der Waals surface area contributed by atoms with Gasteiger partial charge in [-0.2, -0.15) is 5.10 Å². The van der Waals surface area contributed by atoms with Crippen molar-refractivity contribution in [2.75, 3.05) is 5.32 Å². The van der Waals surface area contributed by atoms with Crippen LogP contribution in [0.1, 0.15) is 25.0 Å². The molecule has 2 rings (SSSR count). The molecule has 1 aromatic heterocycles. The molecule has 0 aromatic carbocycles. The fourth-order valence-corrected chi connectivity index (χ4v) is 1.87. The minimum absolute atomic E-state index is 0.492. The Labute approximate surface area is 84.8 Å². The first kappa shape index (κ1) is 9.31. The van der Waals surface area contributed by atoms with Crippen molar-refractivity contribution in [1.29, 1.82) is 0 Å². The van der Waals surface area contributed by atoms with Crippen molar-refractivity contribution in [3.8, 4) is 0 Å². The highest BCUT2D eigenvalue weighted by Gasteiger charge is 2.10. The summed E-state index contributed by atoms with van der Waals surface area (Å²) in [7, 11) is 1.95. The predicted molar refractivity (Wildman–Crippen MR) is 58.3 cm³/mol. The molecule has 1 aliphatic carbocycles. The van der Waals surface area contributed by atoms with Gasteiger partial charge in [-0.15, -0.1) is 0 Å². The summed E-state index contributed by atoms with van der Waals surface area (Å²) in [6, 6.07) is 0.492. The lowest BCUT2D eigenvalue weighted by Gasteiger charge is -2.18. The molecule has 0 saturated carbocycles. The van der Waals surface area contributed by atoms with Crippen molar-refractivity contribution in [2.24, 2.45) is 7.05 Å². The van der Waals surface area contributed by atoms with Crippen LogP contribution < -0.4 is 5.32 Å². The van der Waals surface area contributed by atoms with E-state index in [0.717, 1.165) is 11.4 Å². The maximum absolute atomic E-state index is 4.31. The fraction of sp³-hybridized carbons (Fsp3) is 0.545. The Bertz CT molecular complexity index is 338. The summed E-state index contributed by atoms with van der Waals surface area (Å²) in [6.45, 7) is 2.04. The Morgan fingerprint density at radius 3 is 3.00 bits per heavy atom. The maximum Gasteiger partial charge on any atom is 0.0825 e. The van der Waals surface area contributed by atoms with Crippen molar-refractivity contribution in [3.05, 3.63) is 24.0 Å². The summed E-state index contributed by atoms with van der Waals surface area (Å²) in [6.07, 6.45) is 10.3. The molecule has 0 saturated heterocycles. The van der Waals surface area contributed by atoms with E-state index >= 15 is 0 Å². The van der Waals surface area contributed by atoms with Crippen molar-refractivity contribution in [2.45, 2.75) is 32.2 Å². The van der Waals surface area contributed by atoms with Gasteiger partial charge in [0.05, 0.1) is 11.4 Å². The van der Waals surface area contributed by atoms with Gasteiger partial charge in [0.2, 0.25) is 0 Å². The van der Waals surface area contributed by atoms with Gasteiger partial charge in [0.25, 0.3) is 0 Å². The Hall–Kier alpha value is -1.25. The molecule has 0 aliphatic heterocycles. The van der Waals surface area contributed by atoms with Crippen molar-refractivity contribution in [1.82, 2.24) is 9.78 Å². The van der Waals surface area contributed by atoms with Crippen LogP contribution in [0, 0.1) is 6.92 Å². The SMILES string of the molecule is Cc1nn(C)cc1NC1C=CCCC1. The minimum atomic E-state index is 0.492. The second-order valence-corrected chi connectivity index (χ2v) is 3.91. The third-order valence-electron chi connectivity index (χ3n) is 2.61. The van der Waals surface area contributed by atoms with E-state index in [1.54, 1.807) is 0 Å². The molecule has 1 heterocycles. The van der Waals surface area contributed by atoms with E-state index in [1.165, 1.54) is 19.3 Å². The lowest BCUT2D eigenvalue weighted by Crippen LogP contribution is -2.18. The zero-order chi connectivity index (χ0) is 9.97. The molecule has 0 bridgehead atoms. The number of allylic oxidation sites excluding steroid dienone is 1. The second kappa shape index (κ2) is 3.86. The highest BCUT2D eigenvalue weighted by Crippen LogP contribution is 2.18. The largest absolute Gasteiger partial charge is 0.376 e. The van der Waals surface area contributed by atoms with Gasteiger partial charge in [0, 0.05) is 19.3 Å². The van der Waals surface area contributed by atoms with Gasteiger partial charge >= 0.3 is 0 Å². The lowest BCUT2D eigenvalue weighted by atomic mass is 10.0. The van der Waals surface area contributed by atoms with E-state index in [0.29, 0.717) is 6.04 Å². The first-order chi connectivity index (χ1) is 6.75. The molecule has 14 heavy (non-hydrogen) atoms. The number of nitrogens with one attached hydrogen (secondary N) is 1. The molecule has 1 unspecified atom stereocenters. The molecule has 0 fully saturated rings. The van der Waals surface area contributed by atoms with Gasteiger partial charge in [-0.05, 0) is 26.2 Å². The Morgan fingerprint density at radius 2 is 2.43 bits per heavy atom. The summed E-state index contributed by atoms with van der Waals surface area (Å²) in [5, 5.41) is 7.81. The van der Waals surface area contributed by atoms with Gasteiger partial charge in [-0.3, -0.25) is 4.68 Å². The van der Waals surface area contributed by atoms with Crippen LogP contribution in [0.3, 0.4) is 0 Å². The molecule has 1 aliphatic rings. The Balaban J connectivity index is 2.06. The molecule has 0 amide bonds. The van der Waals surface area contributed by atoms with Gasteiger partial charge in [0.15, 0.2) is 0 Å². The van der Waals surface area contributed by atoms with E-state index < -0.39 is 0 Å². The minimum Gasteiger partial charge on any atom is -0.376 e. The monoisotopic (exact) mass is 191 g/mol. The molecule has 1 N–H and O–H groups in total. The number of aryl methyl sites for hydroxylation is 2. The van der Waals surface area contributed by atoms with Crippen molar-refractivity contribution in [3.63, 3.8) is 0 Å². The Morgan fingerprint density at radius 1 is 1.57 bits per heavy atom. The van der Waals surface area contributed by atoms with Gasteiger partial charge < -0.3 is 5.32 Å². The zero-order valence-electron chi connectivity index (χ0n) is 8.83. The summed E-state index contributed by atoms with van der Waals surface area (Å²) in [4.78, 5) is 0. The highest BCUT2D eigenvalue weighted by molar-refractivity contribution is 5.47. The second-order valence-electron chi connectivity index (χ2n) is 3.91. The molecule has 3 nitrogen and oxygen atoms in total. The lowest BCUT2D eigenvalue weighted by molar-refractivity contribution is 0.673. The van der Waals surface area contributed by atoms with Crippen LogP contribution in [0.4, 0.5) is 5.69 Å². The van der Waals surface area contributed by atoms with Crippen LogP contribution in [0.5, 0.6) is 0 Å². The normalized spacial score (nSPS) is 21.1. The van der Waals surface area contributed by atoms with Crippen LogP contribution in [0.25, 0.3) is 0 Å². The first-order valence-electron chi connectivity index (χ1n) is 5.19. The smallest absolute Gasteiger partial charge is 0.0825 e. The average molecular weight is 191 g/mol. The quantitative estimate of drug-likeness (QED) is 0.727. The number of hydrogen-bond acceptors (Lipinski definition) is 2. The highest BCUT2D eigenvalue weighted by atomic mass is 15.3. The van der Waals surface area contributed by atoms with Crippen LogP contribution in [0.15, 0.2) is 18.3 Å². The number of hydrogen-bond donors (Lipinski definition) is 1. The summed E-state index contributed by atoms with van der Waals surface area (Å²) in [5.74, 6) is 0. The van der Waals surface area contributed by atoms with Gasteiger partial charge in [-0.1, -0.05) is 12.2 Å². The van der Waals surface area contributed by atoms with E-state index in [9.17, 15) is 0 Å². The topological polar surface area (TPSA) is 29.9 Å². The molecule has 76 valence electrons. The number of aromatic nitrogens is 2. The molecule has 3 heteroatoms. The maximum atomic E-state index is 4.31. The van der Waals surface area contributed by atoms with Crippen LogP contribution in [-0.4, -0.2) is 15.8 Å². The molecular weight excluding hydrogens is 174 g/mol. The summed E-state index contributed by atoms with van der Waals surface area (Å²) >= 11 is 0. The Kier molecular flexibility index (Phi) is 2.57. The van der Waals surface area contributed by atoms with E-state index in [2.05, 4.69) is 22.6 Å². The molecular formula is C11H17N3. The third kappa shape index (κ3) is 1.97. The van der Waals surface area contributed by atoms with E-state index in [4.69, 9.17) is 0 Å². The van der Waals surface area contributed by atoms with Gasteiger partial charge in [0.1, 0.15) is 0 Å². The molecule has 1 aromatic rings. The number of rotatable bonds is 2. The molecule has 1 atom stereocenters. The molecule has 0 radical (unpaired) electrons. The zero-order valence-corrected chi connectivity index (χ0v) is 8.83. The van der Waals surface area contributed by atoms with E-state index in [-0.39, 0.29) is 0 Å². The van der Waals surface area contributed by atoms with Crippen LogP contribution in [-0.2, 0) is 7.05 Å².